The maximum atomic E-state index is 9.60. The van der Waals surface area contributed by atoms with Gasteiger partial charge in [0.15, 0.2) is 0 Å². The normalized spacial score (nSPS) is 31.4. The van der Waals surface area contributed by atoms with Crippen LogP contribution >= 0.6 is 0 Å². The van der Waals surface area contributed by atoms with E-state index in [9.17, 15) is 5.26 Å². The van der Waals surface area contributed by atoms with Crippen molar-refractivity contribution in [2.75, 3.05) is 19.6 Å². The molecule has 0 amide bonds. The number of hydrogen-bond donors (Lipinski definition) is 1. The highest BCUT2D eigenvalue weighted by atomic mass is 15.2. The van der Waals surface area contributed by atoms with Crippen molar-refractivity contribution < 1.29 is 0 Å². The fourth-order valence-corrected chi connectivity index (χ4v) is 3.39. The van der Waals surface area contributed by atoms with Gasteiger partial charge in [0.1, 0.15) is 5.54 Å². The van der Waals surface area contributed by atoms with Crippen molar-refractivity contribution in [1.82, 2.24) is 10.2 Å². The van der Waals surface area contributed by atoms with Gasteiger partial charge in [-0.25, -0.2) is 0 Å². The third-order valence-electron chi connectivity index (χ3n) is 4.76. The van der Waals surface area contributed by atoms with Crippen molar-refractivity contribution >= 4 is 0 Å². The molecular weight excluding hydrogens is 234 g/mol. The van der Waals surface area contributed by atoms with Crippen LogP contribution < -0.4 is 5.32 Å². The minimum Gasteiger partial charge on any atom is -0.300 e. The van der Waals surface area contributed by atoms with E-state index in [1.165, 1.54) is 32.2 Å². The lowest BCUT2D eigenvalue weighted by Gasteiger charge is -2.41. The Morgan fingerprint density at radius 1 is 1.32 bits per heavy atom. The van der Waals surface area contributed by atoms with E-state index in [-0.39, 0.29) is 5.54 Å². The molecule has 19 heavy (non-hydrogen) atoms. The second-order valence-corrected chi connectivity index (χ2v) is 6.40. The van der Waals surface area contributed by atoms with Gasteiger partial charge in [0.05, 0.1) is 6.07 Å². The van der Waals surface area contributed by atoms with Crippen LogP contribution in [0.2, 0.25) is 0 Å². The van der Waals surface area contributed by atoms with E-state index in [4.69, 9.17) is 0 Å². The van der Waals surface area contributed by atoms with E-state index >= 15 is 0 Å². The third kappa shape index (κ3) is 3.94. The summed E-state index contributed by atoms with van der Waals surface area (Å²) in [4.78, 5) is 2.64. The highest BCUT2D eigenvalue weighted by Gasteiger charge is 2.38. The molecule has 2 aliphatic rings. The van der Waals surface area contributed by atoms with E-state index in [2.05, 4.69) is 30.1 Å². The summed E-state index contributed by atoms with van der Waals surface area (Å²) in [6, 6.07) is 3.21. The van der Waals surface area contributed by atoms with Gasteiger partial charge >= 0.3 is 0 Å². The monoisotopic (exact) mass is 263 g/mol. The molecule has 2 atom stereocenters. The SMILES string of the molecule is CCCNC1(C#N)CCCC(N(CC)CC2CC2)C1. The number of nitriles is 1. The standard InChI is InChI=1S/C16H29N3/c1-3-10-18-16(13-17)9-5-6-15(11-16)19(4-2)12-14-7-8-14/h14-15,18H,3-12H2,1-2H3. The summed E-state index contributed by atoms with van der Waals surface area (Å²) >= 11 is 0. The predicted molar refractivity (Wildman–Crippen MR) is 78.9 cm³/mol. The molecule has 2 aliphatic carbocycles. The molecule has 0 saturated heterocycles. The predicted octanol–water partition coefficient (Wildman–Crippen LogP) is 2.92. The fraction of sp³-hybridized carbons (Fsp3) is 0.938. The zero-order valence-electron chi connectivity index (χ0n) is 12.6. The first kappa shape index (κ1) is 14.8. The Labute approximate surface area is 118 Å². The van der Waals surface area contributed by atoms with Gasteiger partial charge in [-0.15, -0.1) is 0 Å². The molecule has 2 unspecified atom stereocenters. The largest absolute Gasteiger partial charge is 0.300 e. The molecular formula is C16H29N3. The molecule has 0 spiro atoms. The smallest absolute Gasteiger partial charge is 0.108 e. The van der Waals surface area contributed by atoms with Crippen LogP contribution in [0.1, 0.15) is 58.8 Å². The van der Waals surface area contributed by atoms with Crippen LogP contribution in [-0.2, 0) is 0 Å². The number of nitrogens with zero attached hydrogens (tertiary/aromatic N) is 2. The molecule has 3 nitrogen and oxygen atoms in total. The molecule has 2 rings (SSSR count). The lowest BCUT2D eigenvalue weighted by molar-refractivity contribution is 0.120. The molecule has 0 radical (unpaired) electrons. The third-order valence-corrected chi connectivity index (χ3v) is 4.76. The lowest BCUT2D eigenvalue weighted by atomic mass is 9.79. The lowest BCUT2D eigenvalue weighted by Crippen LogP contribution is -2.53. The summed E-state index contributed by atoms with van der Waals surface area (Å²) in [6.45, 7) is 7.80. The summed E-state index contributed by atoms with van der Waals surface area (Å²) in [5, 5.41) is 13.1. The maximum absolute atomic E-state index is 9.60. The summed E-state index contributed by atoms with van der Waals surface area (Å²) in [7, 11) is 0. The van der Waals surface area contributed by atoms with E-state index in [0.717, 1.165) is 38.3 Å². The average molecular weight is 263 g/mol. The van der Waals surface area contributed by atoms with Crippen LogP contribution in [0.3, 0.4) is 0 Å². The average Bonchev–Trinajstić information content (AvgIpc) is 3.27. The minimum absolute atomic E-state index is 0.254. The minimum atomic E-state index is -0.254. The molecule has 108 valence electrons. The van der Waals surface area contributed by atoms with Crippen LogP contribution in [0.5, 0.6) is 0 Å². The van der Waals surface area contributed by atoms with Gasteiger partial charge in [-0.05, 0) is 64.0 Å². The first-order chi connectivity index (χ1) is 9.23. The Morgan fingerprint density at radius 2 is 2.11 bits per heavy atom. The van der Waals surface area contributed by atoms with Crippen LogP contribution in [-0.4, -0.2) is 36.1 Å². The number of rotatable bonds is 7. The van der Waals surface area contributed by atoms with E-state index in [1.54, 1.807) is 0 Å². The van der Waals surface area contributed by atoms with Gasteiger partial charge in [0.2, 0.25) is 0 Å². The molecule has 2 saturated carbocycles. The Bertz CT molecular complexity index is 318. The van der Waals surface area contributed by atoms with Crippen molar-refractivity contribution in [2.24, 2.45) is 5.92 Å². The Balaban J connectivity index is 1.95. The highest BCUT2D eigenvalue weighted by molar-refractivity contribution is 5.11. The van der Waals surface area contributed by atoms with Crippen molar-refractivity contribution in [3.63, 3.8) is 0 Å². The first-order valence-electron chi connectivity index (χ1n) is 8.13. The van der Waals surface area contributed by atoms with Gasteiger partial charge in [-0.1, -0.05) is 13.8 Å². The maximum Gasteiger partial charge on any atom is 0.108 e. The van der Waals surface area contributed by atoms with E-state index in [1.807, 2.05) is 0 Å². The molecule has 0 bridgehead atoms. The Hall–Kier alpha value is -0.590. The van der Waals surface area contributed by atoms with Gasteiger partial charge < -0.3 is 4.90 Å². The van der Waals surface area contributed by atoms with Crippen molar-refractivity contribution in [3.05, 3.63) is 0 Å². The van der Waals surface area contributed by atoms with Crippen LogP contribution in [0.15, 0.2) is 0 Å². The second-order valence-electron chi connectivity index (χ2n) is 6.40. The van der Waals surface area contributed by atoms with Gasteiger partial charge in [0, 0.05) is 12.6 Å². The van der Waals surface area contributed by atoms with Crippen LogP contribution in [0, 0.1) is 17.2 Å². The number of hydrogen-bond acceptors (Lipinski definition) is 3. The van der Waals surface area contributed by atoms with Gasteiger partial charge in [-0.2, -0.15) is 5.26 Å². The van der Waals surface area contributed by atoms with Crippen LogP contribution in [0.25, 0.3) is 0 Å². The molecule has 2 fully saturated rings. The zero-order chi connectivity index (χ0) is 13.7. The van der Waals surface area contributed by atoms with Gasteiger partial charge in [0.25, 0.3) is 0 Å². The number of nitrogens with one attached hydrogen (secondary N) is 1. The molecule has 1 N–H and O–H groups in total. The topological polar surface area (TPSA) is 39.1 Å². The summed E-state index contributed by atoms with van der Waals surface area (Å²) in [5.74, 6) is 0.946. The van der Waals surface area contributed by atoms with E-state index < -0.39 is 0 Å². The van der Waals surface area contributed by atoms with Crippen molar-refractivity contribution in [3.8, 4) is 6.07 Å². The van der Waals surface area contributed by atoms with E-state index in [0.29, 0.717) is 6.04 Å². The van der Waals surface area contributed by atoms with Crippen LogP contribution in [0.4, 0.5) is 0 Å². The summed E-state index contributed by atoms with van der Waals surface area (Å²) in [5.41, 5.74) is -0.254. The highest BCUT2D eigenvalue weighted by Crippen LogP contribution is 2.35. The Kier molecular flexibility index (Phi) is 5.24. The first-order valence-corrected chi connectivity index (χ1v) is 8.13. The fourth-order valence-electron chi connectivity index (χ4n) is 3.39. The molecule has 0 heterocycles. The molecule has 0 aromatic carbocycles. The molecule has 3 heteroatoms. The van der Waals surface area contributed by atoms with Crippen molar-refractivity contribution in [1.29, 1.82) is 5.26 Å². The quantitative estimate of drug-likeness (QED) is 0.767. The second kappa shape index (κ2) is 6.72. The summed E-state index contributed by atoms with van der Waals surface area (Å²) in [6.07, 6.45) is 8.45. The van der Waals surface area contributed by atoms with Gasteiger partial charge in [-0.3, -0.25) is 5.32 Å². The molecule has 0 aromatic heterocycles. The van der Waals surface area contributed by atoms with Crippen molar-refractivity contribution in [2.45, 2.75) is 70.4 Å². The summed E-state index contributed by atoms with van der Waals surface area (Å²) < 4.78 is 0. The zero-order valence-corrected chi connectivity index (χ0v) is 12.6. The molecule has 0 aromatic rings. The molecule has 0 aliphatic heterocycles. The Morgan fingerprint density at radius 3 is 2.68 bits per heavy atom.